The number of methoxy groups -OCH3 is 1. The van der Waals surface area contributed by atoms with Gasteiger partial charge in [0, 0.05) is 10.5 Å². The summed E-state index contributed by atoms with van der Waals surface area (Å²) >= 11 is 3.54. The van der Waals surface area contributed by atoms with Gasteiger partial charge in [-0.25, -0.2) is 4.39 Å². The molecule has 0 spiro atoms. The molecule has 1 N–H and O–H groups in total. The Morgan fingerprint density at radius 1 is 1.25 bits per heavy atom. The van der Waals surface area contributed by atoms with E-state index in [2.05, 4.69) is 21.2 Å². The van der Waals surface area contributed by atoms with Gasteiger partial charge in [-0.3, -0.25) is 0 Å². The molecule has 106 valence electrons. The van der Waals surface area contributed by atoms with Crippen LogP contribution in [-0.2, 0) is 6.42 Å². The molecule has 0 aromatic heterocycles. The molecule has 4 heteroatoms. The summed E-state index contributed by atoms with van der Waals surface area (Å²) in [4.78, 5) is 0. The van der Waals surface area contributed by atoms with Crippen molar-refractivity contribution in [1.82, 2.24) is 5.32 Å². The van der Waals surface area contributed by atoms with E-state index in [0.29, 0.717) is 12.0 Å². The van der Waals surface area contributed by atoms with Crippen LogP contribution in [0.25, 0.3) is 0 Å². The fourth-order valence-corrected chi connectivity index (χ4v) is 2.69. The SMILES string of the molecule is CNC(Cc1ccccc1F)c1cc(OC)ccc1Br. The lowest BCUT2D eigenvalue weighted by atomic mass is 9.98. The molecular formula is C16H17BrFNO. The van der Waals surface area contributed by atoms with Gasteiger partial charge in [0.1, 0.15) is 11.6 Å². The van der Waals surface area contributed by atoms with Gasteiger partial charge in [-0.05, 0) is 48.9 Å². The molecule has 1 unspecified atom stereocenters. The first-order valence-electron chi connectivity index (χ1n) is 6.39. The number of nitrogens with one attached hydrogen (secondary N) is 1. The molecule has 0 amide bonds. The van der Waals surface area contributed by atoms with E-state index in [0.717, 1.165) is 15.8 Å². The van der Waals surface area contributed by atoms with Crippen LogP contribution in [0.15, 0.2) is 46.9 Å². The van der Waals surface area contributed by atoms with Gasteiger partial charge in [0.15, 0.2) is 0 Å². The fourth-order valence-electron chi connectivity index (χ4n) is 2.17. The van der Waals surface area contributed by atoms with Crippen LogP contribution in [0.1, 0.15) is 17.2 Å². The van der Waals surface area contributed by atoms with Gasteiger partial charge in [0.05, 0.1) is 7.11 Å². The Balaban J connectivity index is 2.31. The van der Waals surface area contributed by atoms with Crippen molar-refractivity contribution in [1.29, 1.82) is 0 Å². The maximum Gasteiger partial charge on any atom is 0.126 e. The van der Waals surface area contributed by atoms with Gasteiger partial charge >= 0.3 is 0 Å². The Hall–Kier alpha value is -1.39. The average Bonchev–Trinajstić information content (AvgIpc) is 2.47. The summed E-state index contributed by atoms with van der Waals surface area (Å²) in [5, 5.41) is 3.23. The van der Waals surface area contributed by atoms with Gasteiger partial charge in [0.2, 0.25) is 0 Å². The summed E-state index contributed by atoms with van der Waals surface area (Å²) in [5.74, 6) is 0.615. The van der Waals surface area contributed by atoms with E-state index in [4.69, 9.17) is 4.74 Å². The molecule has 0 aliphatic rings. The lowest BCUT2D eigenvalue weighted by molar-refractivity contribution is 0.413. The summed E-state index contributed by atoms with van der Waals surface area (Å²) in [5.41, 5.74) is 1.75. The molecule has 0 saturated heterocycles. The molecule has 0 aliphatic heterocycles. The Kier molecular flexibility index (Phi) is 5.15. The first kappa shape index (κ1) is 15.0. The standard InChI is InChI=1S/C16H17BrFNO/c1-19-16(9-11-5-3-4-6-15(11)18)13-10-12(20-2)7-8-14(13)17/h3-8,10,16,19H,9H2,1-2H3. The van der Waals surface area contributed by atoms with Gasteiger partial charge in [-0.2, -0.15) is 0 Å². The van der Waals surface area contributed by atoms with Crippen LogP contribution in [0.4, 0.5) is 4.39 Å². The highest BCUT2D eigenvalue weighted by molar-refractivity contribution is 9.10. The molecule has 0 saturated carbocycles. The number of halogens is 2. The van der Waals surface area contributed by atoms with Gasteiger partial charge in [0.25, 0.3) is 0 Å². The normalized spacial score (nSPS) is 12.2. The molecule has 2 aromatic rings. The fraction of sp³-hybridized carbons (Fsp3) is 0.250. The van der Waals surface area contributed by atoms with Crippen LogP contribution in [0.3, 0.4) is 0 Å². The lowest BCUT2D eigenvalue weighted by Crippen LogP contribution is -2.20. The second-order valence-electron chi connectivity index (χ2n) is 4.52. The Morgan fingerprint density at radius 3 is 2.65 bits per heavy atom. The van der Waals surface area contributed by atoms with Crippen LogP contribution in [0.5, 0.6) is 5.75 Å². The topological polar surface area (TPSA) is 21.3 Å². The molecule has 1 atom stereocenters. The van der Waals surface area contributed by atoms with Crippen LogP contribution in [0.2, 0.25) is 0 Å². The van der Waals surface area contributed by atoms with Crippen molar-refractivity contribution in [2.45, 2.75) is 12.5 Å². The number of ether oxygens (including phenoxy) is 1. The zero-order valence-electron chi connectivity index (χ0n) is 11.5. The summed E-state index contributed by atoms with van der Waals surface area (Å²) in [6.07, 6.45) is 0.578. The van der Waals surface area contributed by atoms with Crippen LogP contribution < -0.4 is 10.1 Å². The van der Waals surface area contributed by atoms with E-state index in [-0.39, 0.29) is 11.9 Å². The molecular weight excluding hydrogens is 321 g/mol. The number of likely N-dealkylation sites (N-methyl/N-ethyl adjacent to an activating group) is 1. The molecule has 2 aromatic carbocycles. The van der Waals surface area contributed by atoms with Crippen LogP contribution >= 0.6 is 15.9 Å². The second-order valence-corrected chi connectivity index (χ2v) is 5.38. The van der Waals surface area contributed by atoms with Crippen molar-refractivity contribution >= 4 is 15.9 Å². The lowest BCUT2D eigenvalue weighted by Gasteiger charge is -2.19. The summed E-state index contributed by atoms with van der Waals surface area (Å²) in [6.45, 7) is 0. The molecule has 0 bridgehead atoms. The van der Waals surface area contributed by atoms with Crippen LogP contribution in [-0.4, -0.2) is 14.2 Å². The Labute approximate surface area is 127 Å². The minimum atomic E-state index is -0.174. The third-order valence-electron chi connectivity index (χ3n) is 3.31. The molecule has 0 fully saturated rings. The third-order valence-corrected chi connectivity index (χ3v) is 4.03. The molecule has 20 heavy (non-hydrogen) atoms. The average molecular weight is 338 g/mol. The number of benzene rings is 2. The Morgan fingerprint density at radius 2 is 2.00 bits per heavy atom. The predicted molar refractivity (Wildman–Crippen MR) is 82.6 cm³/mol. The minimum absolute atomic E-state index is 0.0105. The van der Waals surface area contributed by atoms with Crippen molar-refractivity contribution in [2.24, 2.45) is 0 Å². The minimum Gasteiger partial charge on any atom is -0.497 e. The first-order valence-corrected chi connectivity index (χ1v) is 7.19. The van der Waals surface area contributed by atoms with Gasteiger partial charge in [-0.1, -0.05) is 34.1 Å². The molecule has 0 radical (unpaired) electrons. The highest BCUT2D eigenvalue weighted by Crippen LogP contribution is 2.30. The number of hydrogen-bond acceptors (Lipinski definition) is 2. The summed E-state index contributed by atoms with van der Waals surface area (Å²) < 4.78 is 20.0. The quantitative estimate of drug-likeness (QED) is 0.886. The summed E-state index contributed by atoms with van der Waals surface area (Å²) in [7, 11) is 3.51. The van der Waals surface area contributed by atoms with Crippen LogP contribution in [0, 0.1) is 5.82 Å². The van der Waals surface area contributed by atoms with Crippen molar-refractivity contribution in [3.8, 4) is 5.75 Å². The highest BCUT2D eigenvalue weighted by atomic mass is 79.9. The van der Waals surface area contributed by atoms with E-state index >= 15 is 0 Å². The molecule has 0 heterocycles. The third kappa shape index (κ3) is 3.38. The number of hydrogen-bond donors (Lipinski definition) is 1. The maximum absolute atomic E-state index is 13.8. The Bertz CT molecular complexity index is 588. The maximum atomic E-state index is 13.8. The monoisotopic (exact) mass is 337 g/mol. The van der Waals surface area contributed by atoms with Gasteiger partial charge in [-0.15, -0.1) is 0 Å². The van der Waals surface area contributed by atoms with Crippen molar-refractivity contribution in [3.63, 3.8) is 0 Å². The van der Waals surface area contributed by atoms with Crippen molar-refractivity contribution in [2.75, 3.05) is 14.2 Å². The van der Waals surface area contributed by atoms with E-state index in [1.807, 2.05) is 37.4 Å². The van der Waals surface area contributed by atoms with E-state index in [1.54, 1.807) is 13.2 Å². The van der Waals surface area contributed by atoms with Crippen molar-refractivity contribution < 1.29 is 9.13 Å². The molecule has 2 rings (SSSR count). The second kappa shape index (κ2) is 6.86. The smallest absolute Gasteiger partial charge is 0.126 e. The first-order chi connectivity index (χ1) is 9.65. The molecule has 0 aliphatic carbocycles. The zero-order chi connectivity index (χ0) is 14.5. The largest absolute Gasteiger partial charge is 0.497 e. The van der Waals surface area contributed by atoms with Gasteiger partial charge < -0.3 is 10.1 Å². The zero-order valence-corrected chi connectivity index (χ0v) is 13.1. The van der Waals surface area contributed by atoms with E-state index in [1.165, 1.54) is 6.07 Å². The van der Waals surface area contributed by atoms with Crippen molar-refractivity contribution in [3.05, 3.63) is 63.9 Å². The number of rotatable bonds is 5. The predicted octanol–water partition coefficient (Wildman–Crippen LogP) is 4.10. The van der Waals surface area contributed by atoms with E-state index in [9.17, 15) is 4.39 Å². The highest BCUT2D eigenvalue weighted by Gasteiger charge is 2.16. The molecule has 2 nitrogen and oxygen atoms in total. The summed E-state index contributed by atoms with van der Waals surface area (Å²) in [6, 6.07) is 12.7. The van der Waals surface area contributed by atoms with E-state index < -0.39 is 0 Å².